The number of hydrogen-bond acceptors (Lipinski definition) is 2. The largest absolute Gasteiger partial charge is 0.309 e. The molecule has 5 nitrogen and oxygen atoms in total. The predicted molar refractivity (Wildman–Crippen MR) is 213 cm³/mol. The maximum atomic E-state index is 8.20. The molecule has 6 aromatic carbocycles. The molecule has 0 saturated heterocycles. The fraction of sp³-hybridized carbons (Fsp3) is 0.0870. The van der Waals surface area contributed by atoms with Gasteiger partial charge in [-0.25, -0.2) is 9.55 Å². The molecule has 0 fully saturated rings. The van der Waals surface area contributed by atoms with Crippen LogP contribution in [0.25, 0.3) is 55.5 Å². The molecule has 0 aliphatic carbocycles. The third-order valence-electron chi connectivity index (χ3n) is 9.80. The standard InChI is InChI=1S/C46H38N5/c1-32(2)38-18-7-8-19-39(38)33-26-27-47-46(28-33)51-42-21-10-9-20-40(42)41-25-24-37(30-45(41)51)50(34-14-5-4-6-15-34)36-17-13-16-35(29-36)49-31-48(3)43-22-11-12-23-44(43)49/h4-32H,1-3H3/q+1/i3D3. The van der Waals surface area contributed by atoms with Crippen LogP contribution >= 0.6 is 0 Å². The number of rotatable bonds is 7. The van der Waals surface area contributed by atoms with Gasteiger partial charge in [-0.1, -0.05) is 80.6 Å². The first-order chi connectivity index (χ1) is 26.3. The Labute approximate surface area is 302 Å². The highest BCUT2D eigenvalue weighted by Gasteiger charge is 2.21. The number of aromatic nitrogens is 4. The van der Waals surface area contributed by atoms with Gasteiger partial charge in [0.05, 0.1) is 16.7 Å². The van der Waals surface area contributed by atoms with Crippen LogP contribution in [-0.4, -0.2) is 18.7 Å². The van der Waals surface area contributed by atoms with E-state index in [-0.39, 0.29) is 0 Å². The van der Waals surface area contributed by atoms with E-state index in [0.717, 1.165) is 61.5 Å². The van der Waals surface area contributed by atoms with Crippen LogP contribution < -0.4 is 4.90 Å². The lowest BCUT2D eigenvalue weighted by Crippen LogP contribution is -2.10. The molecule has 0 amide bonds. The van der Waals surface area contributed by atoms with Gasteiger partial charge >= 0.3 is 0 Å². The Morgan fingerprint density at radius 2 is 1.31 bits per heavy atom. The van der Waals surface area contributed by atoms with Gasteiger partial charge in [-0.05, 0) is 89.3 Å². The minimum absolute atomic E-state index is 0.384. The summed E-state index contributed by atoms with van der Waals surface area (Å²) in [7, 11) is 0. The quantitative estimate of drug-likeness (QED) is 0.159. The number of nitrogens with zero attached hydrogens (tertiary/aromatic N) is 5. The lowest BCUT2D eigenvalue weighted by Gasteiger charge is -2.25. The predicted octanol–water partition coefficient (Wildman–Crippen LogP) is 12.0. The molecule has 0 spiro atoms. The molecule has 3 heterocycles. The van der Waals surface area contributed by atoms with Gasteiger partial charge in [0.15, 0.2) is 17.4 Å². The summed E-state index contributed by atoms with van der Waals surface area (Å²) in [6, 6.07) is 54.2. The van der Waals surface area contributed by atoms with Crippen molar-refractivity contribution >= 4 is 49.9 Å². The normalized spacial score (nSPS) is 12.7. The number of hydrogen-bond donors (Lipinski definition) is 0. The number of para-hydroxylation sites is 4. The van der Waals surface area contributed by atoms with Crippen molar-refractivity contribution in [2.75, 3.05) is 4.90 Å². The first kappa shape index (κ1) is 27.4. The third-order valence-corrected chi connectivity index (χ3v) is 9.80. The van der Waals surface area contributed by atoms with Crippen LogP contribution in [0.3, 0.4) is 0 Å². The van der Waals surface area contributed by atoms with E-state index >= 15 is 0 Å². The van der Waals surface area contributed by atoms with Crippen molar-refractivity contribution in [3.8, 4) is 22.6 Å². The third kappa shape index (κ3) is 5.26. The molecule has 0 saturated carbocycles. The van der Waals surface area contributed by atoms with E-state index < -0.39 is 6.98 Å². The lowest BCUT2D eigenvalue weighted by molar-refractivity contribution is 0.869. The fourth-order valence-electron chi connectivity index (χ4n) is 7.44. The Morgan fingerprint density at radius 3 is 2.16 bits per heavy atom. The van der Waals surface area contributed by atoms with Crippen LogP contribution in [0.4, 0.5) is 17.1 Å². The maximum absolute atomic E-state index is 8.20. The van der Waals surface area contributed by atoms with E-state index in [0.29, 0.717) is 11.4 Å². The molecule has 3 aromatic heterocycles. The average molecular weight is 664 g/mol. The topological polar surface area (TPSA) is 30.9 Å². The second-order valence-electron chi connectivity index (χ2n) is 13.2. The van der Waals surface area contributed by atoms with Gasteiger partial charge in [0.1, 0.15) is 11.5 Å². The highest BCUT2D eigenvalue weighted by Crippen LogP contribution is 2.40. The monoisotopic (exact) mass is 663 g/mol. The van der Waals surface area contributed by atoms with Crippen LogP contribution in [0, 0.1) is 0 Å². The second kappa shape index (κ2) is 12.5. The number of fused-ring (bicyclic) bond motifs is 4. The number of anilines is 3. The van der Waals surface area contributed by atoms with Crippen molar-refractivity contribution in [1.82, 2.24) is 18.7 Å². The molecule has 0 unspecified atom stereocenters. The van der Waals surface area contributed by atoms with Crippen LogP contribution in [0.1, 0.15) is 29.4 Å². The second-order valence-corrected chi connectivity index (χ2v) is 13.2. The SMILES string of the molecule is [2H]C([2H])([2H])n1[cH+]n(-c2cccc(N(c3ccccc3)c3ccc4c5ccccc5n(-c5cc(-c6ccccc6C(C)C)ccn5)c4c3)c2)c2ccccc21. The molecule has 9 rings (SSSR count). The number of benzene rings is 6. The zero-order valence-electron chi connectivity index (χ0n) is 31.5. The van der Waals surface area contributed by atoms with Gasteiger partial charge < -0.3 is 4.90 Å². The molecule has 9 aromatic rings. The van der Waals surface area contributed by atoms with E-state index in [2.05, 4.69) is 126 Å². The first-order valence-electron chi connectivity index (χ1n) is 18.8. The minimum atomic E-state index is -2.32. The van der Waals surface area contributed by atoms with Gasteiger partial charge in [-0.3, -0.25) is 4.57 Å². The average Bonchev–Trinajstić information content (AvgIpc) is 3.75. The lowest BCUT2D eigenvalue weighted by atomic mass is 9.93. The number of aryl methyl sites for hydroxylation is 1. The Morgan fingerprint density at radius 1 is 0.608 bits per heavy atom. The Bertz CT molecular complexity index is 2820. The summed E-state index contributed by atoms with van der Waals surface area (Å²) in [5.74, 6) is 1.24. The van der Waals surface area contributed by atoms with E-state index in [9.17, 15) is 0 Å². The highest BCUT2D eigenvalue weighted by atomic mass is 15.2. The highest BCUT2D eigenvalue weighted by molar-refractivity contribution is 6.10. The van der Waals surface area contributed by atoms with Crippen LogP contribution in [0.5, 0.6) is 0 Å². The van der Waals surface area contributed by atoms with Crippen molar-refractivity contribution < 1.29 is 4.11 Å². The van der Waals surface area contributed by atoms with Gasteiger partial charge in [-0.15, -0.1) is 0 Å². The van der Waals surface area contributed by atoms with Gasteiger partial charge in [0.25, 0.3) is 0 Å². The molecule has 0 aliphatic heterocycles. The zero-order chi connectivity index (χ0) is 37.0. The molecule has 0 N–H and O–H groups in total. The maximum Gasteiger partial charge on any atom is 0.191 e. The molecule has 0 bridgehead atoms. The van der Waals surface area contributed by atoms with Gasteiger partial charge in [-0.2, -0.15) is 4.57 Å². The fourth-order valence-corrected chi connectivity index (χ4v) is 7.44. The first-order valence-corrected chi connectivity index (χ1v) is 17.3. The Hall–Kier alpha value is -6.46. The summed E-state index contributed by atoms with van der Waals surface area (Å²) in [6.45, 7) is 2.15. The van der Waals surface area contributed by atoms with E-state index in [4.69, 9.17) is 9.10 Å². The van der Waals surface area contributed by atoms with E-state index in [1.54, 1.807) is 6.33 Å². The molecular formula is C46H38N5+. The smallest absolute Gasteiger partial charge is 0.191 e. The van der Waals surface area contributed by atoms with Crippen molar-refractivity contribution in [2.45, 2.75) is 19.8 Å². The molecule has 5 heteroatoms. The van der Waals surface area contributed by atoms with Crippen LogP contribution in [-0.2, 0) is 6.98 Å². The molecule has 0 aliphatic rings. The summed E-state index contributed by atoms with van der Waals surface area (Å²) < 4.78 is 30.2. The summed E-state index contributed by atoms with van der Waals surface area (Å²) in [6.07, 6.45) is 3.59. The van der Waals surface area contributed by atoms with Crippen LogP contribution in [0.15, 0.2) is 170 Å². The van der Waals surface area contributed by atoms with E-state index in [1.807, 2.05) is 65.4 Å². The van der Waals surface area contributed by atoms with Crippen molar-refractivity contribution in [2.24, 2.45) is 6.98 Å². The minimum Gasteiger partial charge on any atom is -0.309 e. The van der Waals surface area contributed by atoms with Crippen LogP contribution in [0.2, 0.25) is 0 Å². The Balaban J connectivity index is 1.23. The summed E-state index contributed by atoms with van der Waals surface area (Å²) >= 11 is 0. The van der Waals surface area contributed by atoms with E-state index in [1.165, 1.54) is 15.7 Å². The Kier molecular flexibility index (Phi) is 6.68. The molecule has 51 heavy (non-hydrogen) atoms. The number of pyridine rings is 1. The summed E-state index contributed by atoms with van der Waals surface area (Å²) in [5, 5.41) is 2.29. The number of imidazole rings is 1. The van der Waals surface area contributed by atoms with Gasteiger partial charge in [0, 0.05) is 63.7 Å². The summed E-state index contributed by atoms with van der Waals surface area (Å²) in [4.78, 5) is 7.21. The molecule has 0 atom stereocenters. The molecular weight excluding hydrogens is 623 g/mol. The molecule has 246 valence electrons. The van der Waals surface area contributed by atoms with Gasteiger partial charge in [0.2, 0.25) is 0 Å². The van der Waals surface area contributed by atoms with Crippen molar-refractivity contribution in [3.05, 3.63) is 176 Å². The van der Waals surface area contributed by atoms with Crippen molar-refractivity contribution in [3.63, 3.8) is 0 Å². The summed E-state index contributed by atoms with van der Waals surface area (Å²) in [5.41, 5.74) is 11.0. The van der Waals surface area contributed by atoms with Crippen molar-refractivity contribution in [1.29, 1.82) is 0 Å². The molecule has 0 radical (unpaired) electrons. The zero-order valence-corrected chi connectivity index (χ0v) is 28.5.